The number of nitrogens with zero attached hydrogens (tertiary/aromatic N) is 4. The van der Waals surface area contributed by atoms with Gasteiger partial charge in [-0.25, -0.2) is 14.8 Å². The first-order chi connectivity index (χ1) is 15.3. The maximum atomic E-state index is 13.4. The molecule has 0 aliphatic heterocycles. The van der Waals surface area contributed by atoms with E-state index >= 15 is 0 Å². The maximum absolute atomic E-state index is 13.4. The van der Waals surface area contributed by atoms with Crippen LogP contribution in [0.15, 0.2) is 54.0 Å². The van der Waals surface area contributed by atoms with Crippen LogP contribution in [0.5, 0.6) is 0 Å². The van der Waals surface area contributed by atoms with Gasteiger partial charge in [0.15, 0.2) is 5.13 Å². The smallest absolute Gasteiger partial charge is 0.406 e. The van der Waals surface area contributed by atoms with Crippen molar-refractivity contribution in [3.8, 4) is 11.4 Å². The summed E-state index contributed by atoms with van der Waals surface area (Å²) in [7, 11) is 0. The molecule has 0 unspecified atom stereocenters. The molecule has 3 heterocycles. The Hall–Kier alpha value is -3.40. The Bertz CT molecular complexity index is 1250. The van der Waals surface area contributed by atoms with Gasteiger partial charge in [-0.05, 0) is 50.2 Å². The van der Waals surface area contributed by atoms with Gasteiger partial charge in [-0.1, -0.05) is 6.07 Å². The zero-order chi connectivity index (χ0) is 22.9. The van der Waals surface area contributed by atoms with Gasteiger partial charge in [0.1, 0.15) is 17.9 Å². The Labute approximate surface area is 185 Å². The summed E-state index contributed by atoms with van der Waals surface area (Å²) < 4.78 is 46.9. The third kappa shape index (κ3) is 4.45. The number of esters is 1. The SMILES string of the molecule is CCOC(=O)c1ccc(N(CC(F)(F)F)c2nc(-c3c(C)nc4ccccn34)cs2)cc1. The van der Waals surface area contributed by atoms with Crippen LogP contribution in [0.1, 0.15) is 23.0 Å². The van der Waals surface area contributed by atoms with Gasteiger partial charge in [-0.2, -0.15) is 13.2 Å². The van der Waals surface area contributed by atoms with Gasteiger partial charge in [0, 0.05) is 17.3 Å². The van der Waals surface area contributed by atoms with E-state index in [9.17, 15) is 18.0 Å². The van der Waals surface area contributed by atoms with Crippen molar-refractivity contribution >= 4 is 33.8 Å². The van der Waals surface area contributed by atoms with Gasteiger partial charge in [-0.15, -0.1) is 11.3 Å². The Balaban J connectivity index is 1.71. The van der Waals surface area contributed by atoms with Gasteiger partial charge in [0.05, 0.1) is 23.6 Å². The minimum Gasteiger partial charge on any atom is -0.462 e. The number of pyridine rings is 1. The van der Waals surface area contributed by atoms with Crippen LogP contribution < -0.4 is 4.90 Å². The molecule has 6 nitrogen and oxygen atoms in total. The van der Waals surface area contributed by atoms with Crippen LogP contribution in [0.25, 0.3) is 17.0 Å². The van der Waals surface area contributed by atoms with Gasteiger partial charge in [-0.3, -0.25) is 4.40 Å². The van der Waals surface area contributed by atoms with Crippen molar-refractivity contribution < 1.29 is 22.7 Å². The molecule has 0 radical (unpaired) electrons. The molecule has 0 aliphatic carbocycles. The lowest BCUT2D eigenvalue weighted by Gasteiger charge is -2.23. The van der Waals surface area contributed by atoms with Gasteiger partial charge in [0.25, 0.3) is 0 Å². The van der Waals surface area contributed by atoms with E-state index in [1.165, 1.54) is 24.3 Å². The van der Waals surface area contributed by atoms with Crippen molar-refractivity contribution in [3.63, 3.8) is 0 Å². The molecular weight excluding hydrogens is 441 g/mol. The largest absolute Gasteiger partial charge is 0.462 e. The van der Waals surface area contributed by atoms with Gasteiger partial charge in [0.2, 0.25) is 0 Å². The van der Waals surface area contributed by atoms with Crippen molar-refractivity contribution in [1.29, 1.82) is 0 Å². The van der Waals surface area contributed by atoms with Crippen LogP contribution >= 0.6 is 11.3 Å². The second kappa shape index (κ2) is 8.62. The summed E-state index contributed by atoms with van der Waals surface area (Å²) in [5.41, 5.74) is 3.27. The molecule has 0 atom stereocenters. The minimum absolute atomic E-state index is 0.187. The Morgan fingerprint density at radius 2 is 1.91 bits per heavy atom. The number of carbonyl (C=O) groups is 1. The normalized spacial score (nSPS) is 11.7. The number of rotatable bonds is 6. The van der Waals surface area contributed by atoms with Crippen LogP contribution in [0.3, 0.4) is 0 Å². The highest BCUT2D eigenvalue weighted by Gasteiger charge is 2.33. The molecule has 0 saturated carbocycles. The lowest BCUT2D eigenvalue weighted by molar-refractivity contribution is -0.118. The van der Waals surface area contributed by atoms with Crippen LogP contribution in [-0.2, 0) is 4.74 Å². The highest BCUT2D eigenvalue weighted by Crippen LogP contribution is 2.35. The molecule has 0 amide bonds. The van der Waals surface area contributed by atoms with Crippen LogP contribution in [0.2, 0.25) is 0 Å². The summed E-state index contributed by atoms with van der Waals surface area (Å²) >= 11 is 1.11. The van der Waals surface area contributed by atoms with E-state index in [4.69, 9.17) is 4.74 Å². The van der Waals surface area contributed by atoms with E-state index < -0.39 is 18.7 Å². The molecule has 0 fully saturated rings. The third-order valence-electron chi connectivity index (χ3n) is 4.70. The molecule has 4 rings (SSSR count). The monoisotopic (exact) mass is 460 g/mol. The van der Waals surface area contributed by atoms with Crippen LogP contribution in [0.4, 0.5) is 24.0 Å². The molecular formula is C22H19F3N4O2S. The average Bonchev–Trinajstić information content (AvgIpc) is 3.35. The number of thiazole rings is 1. The Kier molecular flexibility index (Phi) is 5.88. The van der Waals surface area contributed by atoms with E-state index in [0.29, 0.717) is 5.69 Å². The van der Waals surface area contributed by atoms with E-state index in [1.54, 1.807) is 12.3 Å². The summed E-state index contributed by atoms with van der Waals surface area (Å²) in [4.78, 5) is 21.9. The minimum atomic E-state index is -4.45. The highest BCUT2D eigenvalue weighted by atomic mass is 32.1. The molecule has 32 heavy (non-hydrogen) atoms. The molecule has 0 aliphatic rings. The first-order valence-electron chi connectivity index (χ1n) is 9.78. The number of aromatic nitrogens is 3. The predicted molar refractivity (Wildman–Crippen MR) is 116 cm³/mol. The number of alkyl halides is 3. The van der Waals surface area contributed by atoms with Gasteiger partial charge >= 0.3 is 12.1 Å². The quantitative estimate of drug-likeness (QED) is 0.349. The number of aryl methyl sites for hydroxylation is 1. The first-order valence-corrected chi connectivity index (χ1v) is 10.7. The standard InChI is InChI=1S/C22H19F3N4O2S/c1-3-31-20(30)15-7-9-16(10-8-15)29(13-22(23,24)25)21-27-17(12-32-21)19-14(2)26-18-6-4-5-11-28(18)19/h4-12H,3,13H2,1-2H3. The Morgan fingerprint density at radius 3 is 2.59 bits per heavy atom. The fraction of sp³-hybridized carbons (Fsp3) is 0.227. The number of hydrogen-bond donors (Lipinski definition) is 0. The molecule has 4 aromatic rings. The number of halogens is 3. The van der Waals surface area contributed by atoms with Crippen LogP contribution in [0, 0.1) is 6.92 Å². The molecule has 1 aromatic carbocycles. The Morgan fingerprint density at radius 1 is 1.16 bits per heavy atom. The fourth-order valence-corrected chi connectivity index (χ4v) is 4.19. The summed E-state index contributed by atoms with van der Waals surface area (Å²) in [5.74, 6) is -0.527. The van der Waals surface area contributed by atoms with Crippen molar-refractivity contribution in [3.05, 3.63) is 65.3 Å². The molecule has 10 heteroatoms. The van der Waals surface area contributed by atoms with Crippen LogP contribution in [-0.4, -0.2) is 39.7 Å². The van der Waals surface area contributed by atoms with Crippen molar-refractivity contribution in [1.82, 2.24) is 14.4 Å². The van der Waals surface area contributed by atoms with Crippen molar-refractivity contribution in [2.24, 2.45) is 0 Å². The summed E-state index contributed by atoms with van der Waals surface area (Å²) in [6, 6.07) is 11.4. The summed E-state index contributed by atoms with van der Waals surface area (Å²) in [6.07, 6.45) is -2.61. The van der Waals surface area contributed by atoms with Crippen molar-refractivity contribution in [2.45, 2.75) is 20.0 Å². The van der Waals surface area contributed by atoms with E-state index in [-0.39, 0.29) is 23.0 Å². The lowest BCUT2D eigenvalue weighted by atomic mass is 10.2. The average molecular weight is 460 g/mol. The predicted octanol–water partition coefficient (Wildman–Crippen LogP) is 5.64. The van der Waals surface area contributed by atoms with E-state index in [2.05, 4.69) is 9.97 Å². The lowest BCUT2D eigenvalue weighted by Crippen LogP contribution is -2.30. The fourth-order valence-electron chi connectivity index (χ4n) is 3.36. The number of imidazole rings is 1. The first kappa shape index (κ1) is 21.8. The van der Waals surface area contributed by atoms with E-state index in [1.807, 2.05) is 35.7 Å². The van der Waals surface area contributed by atoms with Crippen molar-refractivity contribution in [2.75, 3.05) is 18.1 Å². The number of carbonyl (C=O) groups excluding carboxylic acids is 1. The number of ether oxygens (including phenoxy) is 1. The molecule has 0 bridgehead atoms. The molecule has 0 saturated heterocycles. The zero-order valence-electron chi connectivity index (χ0n) is 17.3. The summed E-state index contributed by atoms with van der Waals surface area (Å²) in [5, 5.41) is 1.90. The number of anilines is 2. The highest BCUT2D eigenvalue weighted by molar-refractivity contribution is 7.14. The topological polar surface area (TPSA) is 59.7 Å². The zero-order valence-corrected chi connectivity index (χ0v) is 18.1. The second-order valence-corrected chi connectivity index (χ2v) is 7.80. The number of benzene rings is 1. The summed E-state index contributed by atoms with van der Waals surface area (Å²) in [6.45, 7) is 2.52. The molecule has 166 valence electrons. The number of hydrogen-bond acceptors (Lipinski definition) is 6. The molecule has 0 spiro atoms. The van der Waals surface area contributed by atoms with Gasteiger partial charge < -0.3 is 9.64 Å². The number of fused-ring (bicyclic) bond motifs is 1. The third-order valence-corrected chi connectivity index (χ3v) is 5.56. The maximum Gasteiger partial charge on any atom is 0.406 e. The molecule has 3 aromatic heterocycles. The van der Waals surface area contributed by atoms with E-state index in [0.717, 1.165) is 33.3 Å². The second-order valence-electron chi connectivity index (χ2n) is 6.96. The molecule has 0 N–H and O–H groups in total.